The first-order valence-electron chi connectivity index (χ1n) is 10.9. The summed E-state index contributed by atoms with van der Waals surface area (Å²) in [5.41, 5.74) is 2.26. The van der Waals surface area contributed by atoms with Crippen molar-refractivity contribution in [1.82, 2.24) is 9.78 Å². The molecule has 1 aromatic heterocycles. The number of anilines is 3. The average Bonchev–Trinajstić information content (AvgIpc) is 3.22. The molecule has 3 aromatic carbocycles. The van der Waals surface area contributed by atoms with Crippen LogP contribution in [0.25, 0.3) is 5.69 Å². The third-order valence-corrected chi connectivity index (χ3v) is 5.45. The lowest BCUT2D eigenvalue weighted by Crippen LogP contribution is -2.20. The number of hydrogen-bond donors (Lipinski definition) is 3. The van der Waals surface area contributed by atoms with Gasteiger partial charge in [-0.05, 0) is 61.9 Å². The summed E-state index contributed by atoms with van der Waals surface area (Å²) < 4.78 is 40.6. The van der Waals surface area contributed by atoms with Gasteiger partial charge in [-0.1, -0.05) is 30.3 Å². The maximum Gasteiger partial charge on any atom is 0.416 e. The van der Waals surface area contributed by atoms with Crippen LogP contribution < -0.4 is 16.0 Å². The number of urea groups is 1. The van der Waals surface area contributed by atoms with Gasteiger partial charge in [-0.3, -0.25) is 4.79 Å². The average molecular weight is 493 g/mol. The van der Waals surface area contributed by atoms with E-state index in [0.717, 1.165) is 17.7 Å². The summed E-state index contributed by atoms with van der Waals surface area (Å²) in [5, 5.41) is 12.3. The Hall–Kier alpha value is -4.60. The second-order valence-electron chi connectivity index (χ2n) is 8.03. The Labute approximate surface area is 205 Å². The minimum absolute atomic E-state index is 0.188. The second-order valence-corrected chi connectivity index (χ2v) is 8.03. The van der Waals surface area contributed by atoms with Crippen LogP contribution in [-0.2, 0) is 6.18 Å². The number of nitrogens with one attached hydrogen (secondary N) is 3. The van der Waals surface area contributed by atoms with E-state index in [1.165, 1.54) is 23.0 Å². The van der Waals surface area contributed by atoms with E-state index in [0.29, 0.717) is 22.8 Å². The lowest BCUT2D eigenvalue weighted by atomic mass is 10.1. The normalized spacial score (nSPS) is 11.1. The van der Waals surface area contributed by atoms with Crippen molar-refractivity contribution in [2.24, 2.45) is 0 Å². The number of carbonyl (C=O) groups is 2. The molecule has 1 heterocycles. The maximum atomic E-state index is 13.1. The van der Waals surface area contributed by atoms with Crippen molar-refractivity contribution >= 4 is 29.0 Å². The van der Waals surface area contributed by atoms with E-state index in [-0.39, 0.29) is 11.3 Å². The molecular formula is C26H22F3N5O2. The number of nitrogens with zero attached hydrogens (tertiary/aromatic N) is 2. The zero-order chi connectivity index (χ0) is 25.9. The van der Waals surface area contributed by atoms with Gasteiger partial charge in [-0.15, -0.1) is 0 Å². The number of aryl methyl sites for hydroxylation is 1. The third kappa shape index (κ3) is 5.54. The Morgan fingerprint density at radius 1 is 0.833 bits per heavy atom. The molecule has 0 atom stereocenters. The summed E-state index contributed by atoms with van der Waals surface area (Å²) in [7, 11) is 0. The Bertz CT molecular complexity index is 1410. The van der Waals surface area contributed by atoms with Gasteiger partial charge in [0, 0.05) is 17.1 Å². The van der Waals surface area contributed by atoms with Crippen molar-refractivity contribution in [3.05, 3.63) is 101 Å². The number of amides is 3. The van der Waals surface area contributed by atoms with Crippen LogP contribution in [0.4, 0.5) is 35.0 Å². The molecule has 0 aliphatic rings. The summed E-state index contributed by atoms with van der Waals surface area (Å²) in [6, 6.07) is 18.3. The fourth-order valence-electron chi connectivity index (χ4n) is 3.55. The molecular weight excluding hydrogens is 471 g/mol. The Balaban J connectivity index is 1.50. The molecule has 0 unspecified atom stereocenters. The highest BCUT2D eigenvalue weighted by atomic mass is 19.4. The monoisotopic (exact) mass is 493 g/mol. The molecule has 0 bridgehead atoms. The van der Waals surface area contributed by atoms with E-state index in [4.69, 9.17) is 0 Å². The fourth-order valence-corrected chi connectivity index (χ4v) is 3.55. The molecule has 3 amide bonds. The highest BCUT2D eigenvalue weighted by Crippen LogP contribution is 2.30. The first-order valence-corrected chi connectivity index (χ1v) is 10.9. The summed E-state index contributed by atoms with van der Waals surface area (Å²) >= 11 is 0. The maximum absolute atomic E-state index is 13.1. The first kappa shape index (κ1) is 24.5. The number of alkyl halides is 3. The second kappa shape index (κ2) is 9.95. The number of benzene rings is 3. The predicted octanol–water partition coefficient (Wildman–Crippen LogP) is 6.40. The topological polar surface area (TPSA) is 88.1 Å². The number of halogens is 3. The molecule has 0 fully saturated rings. The molecule has 0 radical (unpaired) electrons. The third-order valence-electron chi connectivity index (χ3n) is 5.45. The fraction of sp³-hybridized carbons (Fsp3) is 0.115. The van der Waals surface area contributed by atoms with Crippen LogP contribution in [-0.4, -0.2) is 21.7 Å². The molecule has 0 aliphatic heterocycles. The van der Waals surface area contributed by atoms with Crippen LogP contribution in [0, 0.1) is 13.8 Å². The van der Waals surface area contributed by atoms with Crippen LogP contribution in [0.3, 0.4) is 0 Å². The summed E-state index contributed by atoms with van der Waals surface area (Å²) in [6.07, 6.45) is -3.19. The minimum Gasteiger partial charge on any atom is -0.322 e. The SMILES string of the molecule is Cc1ccc(NC(=O)Nc2ccccc2)cc1NC(=O)c1cnn(-c2cccc(C(F)(F)F)c2)c1C. The number of hydrogen-bond acceptors (Lipinski definition) is 3. The molecule has 4 rings (SSSR count). The highest BCUT2D eigenvalue weighted by molar-refractivity contribution is 6.06. The van der Waals surface area contributed by atoms with Gasteiger partial charge in [-0.25, -0.2) is 9.48 Å². The molecule has 7 nitrogen and oxygen atoms in total. The summed E-state index contributed by atoms with van der Waals surface area (Å²) in [4.78, 5) is 25.3. The van der Waals surface area contributed by atoms with Gasteiger partial charge in [-0.2, -0.15) is 18.3 Å². The van der Waals surface area contributed by atoms with Gasteiger partial charge in [0.05, 0.1) is 28.7 Å². The number of carbonyl (C=O) groups excluding carboxylic acids is 2. The quantitative estimate of drug-likeness (QED) is 0.300. The summed E-state index contributed by atoms with van der Waals surface area (Å²) in [5.74, 6) is -0.486. The van der Waals surface area contributed by atoms with E-state index in [1.54, 1.807) is 56.3 Å². The number of para-hydroxylation sites is 1. The van der Waals surface area contributed by atoms with E-state index >= 15 is 0 Å². The van der Waals surface area contributed by atoms with Gasteiger partial charge in [0.15, 0.2) is 0 Å². The van der Waals surface area contributed by atoms with Gasteiger partial charge < -0.3 is 16.0 Å². The van der Waals surface area contributed by atoms with Crippen molar-refractivity contribution in [2.75, 3.05) is 16.0 Å². The van der Waals surface area contributed by atoms with Crippen LogP contribution in [0.2, 0.25) is 0 Å². The summed E-state index contributed by atoms with van der Waals surface area (Å²) in [6.45, 7) is 3.39. The van der Waals surface area contributed by atoms with E-state index in [9.17, 15) is 22.8 Å². The van der Waals surface area contributed by atoms with Crippen molar-refractivity contribution in [1.29, 1.82) is 0 Å². The number of aromatic nitrogens is 2. The van der Waals surface area contributed by atoms with Crippen LogP contribution >= 0.6 is 0 Å². The van der Waals surface area contributed by atoms with Crippen molar-refractivity contribution in [3.8, 4) is 5.69 Å². The van der Waals surface area contributed by atoms with Gasteiger partial charge in [0.2, 0.25) is 0 Å². The van der Waals surface area contributed by atoms with Gasteiger partial charge in [0.1, 0.15) is 0 Å². The Kier molecular flexibility index (Phi) is 6.77. The highest BCUT2D eigenvalue weighted by Gasteiger charge is 2.30. The smallest absolute Gasteiger partial charge is 0.322 e. The Morgan fingerprint density at radius 3 is 2.28 bits per heavy atom. The zero-order valence-corrected chi connectivity index (χ0v) is 19.4. The van der Waals surface area contributed by atoms with Crippen molar-refractivity contribution in [3.63, 3.8) is 0 Å². The standard InChI is InChI=1S/C26H22F3N5O2/c1-16-11-12-20(32-25(36)31-19-8-4-3-5-9-19)14-23(16)33-24(35)22-15-30-34(17(22)2)21-10-6-7-18(13-21)26(27,28)29/h3-15H,1-2H3,(H,33,35)(H2,31,32,36). The lowest BCUT2D eigenvalue weighted by Gasteiger charge is -2.13. The number of rotatable bonds is 5. The molecule has 4 aromatic rings. The van der Waals surface area contributed by atoms with Gasteiger partial charge >= 0.3 is 12.2 Å². The molecule has 184 valence electrons. The molecule has 0 aliphatic carbocycles. The molecule has 36 heavy (non-hydrogen) atoms. The van der Waals surface area contributed by atoms with E-state index in [1.807, 2.05) is 6.07 Å². The predicted molar refractivity (Wildman–Crippen MR) is 132 cm³/mol. The zero-order valence-electron chi connectivity index (χ0n) is 19.4. The van der Waals surface area contributed by atoms with Crippen molar-refractivity contribution in [2.45, 2.75) is 20.0 Å². The van der Waals surface area contributed by atoms with Crippen LogP contribution in [0.15, 0.2) is 79.0 Å². The molecule has 0 saturated carbocycles. The van der Waals surface area contributed by atoms with Gasteiger partial charge in [0.25, 0.3) is 5.91 Å². The van der Waals surface area contributed by atoms with Crippen LogP contribution in [0.5, 0.6) is 0 Å². The van der Waals surface area contributed by atoms with E-state index < -0.39 is 23.7 Å². The lowest BCUT2D eigenvalue weighted by molar-refractivity contribution is -0.137. The molecule has 3 N–H and O–H groups in total. The molecule has 10 heteroatoms. The largest absolute Gasteiger partial charge is 0.416 e. The molecule has 0 saturated heterocycles. The van der Waals surface area contributed by atoms with Crippen LogP contribution in [0.1, 0.15) is 27.2 Å². The van der Waals surface area contributed by atoms with Crippen molar-refractivity contribution < 1.29 is 22.8 Å². The minimum atomic E-state index is -4.49. The van der Waals surface area contributed by atoms with E-state index in [2.05, 4.69) is 21.0 Å². The first-order chi connectivity index (χ1) is 17.1. The molecule has 0 spiro atoms. The Morgan fingerprint density at radius 2 is 1.56 bits per heavy atom.